The van der Waals surface area contributed by atoms with Crippen molar-refractivity contribution in [1.29, 1.82) is 0 Å². The van der Waals surface area contributed by atoms with Gasteiger partial charge in [-0.25, -0.2) is 0 Å². The van der Waals surface area contributed by atoms with E-state index in [1.165, 1.54) is 6.39 Å². The van der Waals surface area contributed by atoms with E-state index in [0.717, 1.165) is 5.56 Å². The molecule has 0 spiro atoms. The lowest BCUT2D eigenvalue weighted by atomic mass is 9.91. The van der Waals surface area contributed by atoms with E-state index in [2.05, 4.69) is 10.2 Å². The molecular formula is C14H16N2O3. The van der Waals surface area contributed by atoms with Gasteiger partial charge < -0.3 is 9.15 Å². The molecular weight excluding hydrogens is 244 g/mol. The van der Waals surface area contributed by atoms with Crippen molar-refractivity contribution in [3.05, 3.63) is 30.7 Å². The lowest BCUT2D eigenvalue weighted by Crippen LogP contribution is -2.26. The van der Waals surface area contributed by atoms with Crippen LogP contribution in [0.5, 0.6) is 5.75 Å². The molecule has 5 heteroatoms. The molecule has 1 aromatic carbocycles. The maximum absolute atomic E-state index is 11.7. The Morgan fingerprint density at radius 1 is 1.26 bits per heavy atom. The molecule has 0 saturated heterocycles. The van der Waals surface area contributed by atoms with Gasteiger partial charge in [-0.15, -0.1) is 10.2 Å². The van der Waals surface area contributed by atoms with Gasteiger partial charge in [0, 0.05) is 11.0 Å². The molecule has 2 aromatic rings. The average Bonchev–Trinajstić information content (AvgIpc) is 2.89. The quantitative estimate of drug-likeness (QED) is 0.845. The van der Waals surface area contributed by atoms with Crippen molar-refractivity contribution >= 4 is 5.78 Å². The van der Waals surface area contributed by atoms with Crippen molar-refractivity contribution in [1.82, 2.24) is 10.2 Å². The summed E-state index contributed by atoms with van der Waals surface area (Å²) in [6.07, 6.45) is 1.28. The van der Waals surface area contributed by atoms with E-state index in [4.69, 9.17) is 9.15 Å². The third kappa shape index (κ3) is 3.40. The third-order valence-corrected chi connectivity index (χ3v) is 2.67. The molecule has 0 aliphatic rings. The number of rotatable bonds is 4. The first-order valence-electron chi connectivity index (χ1n) is 5.99. The molecule has 0 aliphatic heterocycles. The van der Waals surface area contributed by atoms with Gasteiger partial charge >= 0.3 is 0 Å². The molecule has 1 aromatic heterocycles. The molecule has 19 heavy (non-hydrogen) atoms. The van der Waals surface area contributed by atoms with Crippen LogP contribution in [-0.2, 0) is 4.79 Å². The lowest BCUT2D eigenvalue weighted by Gasteiger charge is -2.16. The first-order valence-corrected chi connectivity index (χ1v) is 5.99. The van der Waals surface area contributed by atoms with Gasteiger partial charge in [-0.2, -0.15) is 0 Å². The van der Waals surface area contributed by atoms with Crippen molar-refractivity contribution in [2.24, 2.45) is 5.41 Å². The van der Waals surface area contributed by atoms with E-state index in [1.54, 1.807) is 12.1 Å². The summed E-state index contributed by atoms with van der Waals surface area (Å²) in [5.41, 5.74) is 0.427. The Morgan fingerprint density at radius 3 is 2.47 bits per heavy atom. The minimum absolute atomic E-state index is 0.0634. The highest BCUT2D eigenvalue weighted by Crippen LogP contribution is 2.21. The van der Waals surface area contributed by atoms with E-state index in [1.807, 2.05) is 32.9 Å². The second-order valence-electron chi connectivity index (χ2n) is 5.23. The Kier molecular flexibility index (Phi) is 3.64. The molecule has 0 fully saturated rings. The number of hydrogen-bond donors (Lipinski definition) is 0. The predicted octanol–water partition coefficient (Wildman–Crippen LogP) is 2.73. The van der Waals surface area contributed by atoms with Crippen LogP contribution in [0.2, 0.25) is 0 Å². The Morgan fingerprint density at radius 2 is 1.95 bits per heavy atom. The van der Waals surface area contributed by atoms with Gasteiger partial charge in [0.1, 0.15) is 12.4 Å². The van der Waals surface area contributed by atoms with Crippen LogP contribution in [0.1, 0.15) is 20.8 Å². The standard InChI is InChI=1S/C14H16N2O3/c1-14(2,3)12(17)8-18-11-6-4-10(5-7-11)13-16-15-9-19-13/h4-7,9H,8H2,1-3H3. The van der Waals surface area contributed by atoms with E-state index < -0.39 is 0 Å². The van der Waals surface area contributed by atoms with Crippen molar-refractivity contribution in [2.75, 3.05) is 6.61 Å². The van der Waals surface area contributed by atoms with Crippen LogP contribution in [0.15, 0.2) is 35.1 Å². The summed E-state index contributed by atoms with van der Waals surface area (Å²) < 4.78 is 10.5. The summed E-state index contributed by atoms with van der Waals surface area (Å²) in [4.78, 5) is 11.7. The topological polar surface area (TPSA) is 65.2 Å². The molecule has 0 bridgehead atoms. The Bertz CT molecular complexity index is 539. The molecule has 0 radical (unpaired) electrons. The Labute approximate surface area is 111 Å². The van der Waals surface area contributed by atoms with Crippen LogP contribution in [0.25, 0.3) is 11.5 Å². The van der Waals surface area contributed by atoms with Crippen molar-refractivity contribution < 1.29 is 13.9 Å². The van der Waals surface area contributed by atoms with Gasteiger partial charge in [0.2, 0.25) is 12.3 Å². The van der Waals surface area contributed by atoms with Crippen LogP contribution < -0.4 is 4.74 Å². The van der Waals surface area contributed by atoms with Crippen molar-refractivity contribution in [2.45, 2.75) is 20.8 Å². The second kappa shape index (κ2) is 5.22. The zero-order valence-electron chi connectivity index (χ0n) is 11.2. The first kappa shape index (κ1) is 13.3. The number of ketones is 1. The van der Waals surface area contributed by atoms with E-state index in [0.29, 0.717) is 11.6 Å². The zero-order valence-corrected chi connectivity index (χ0v) is 11.2. The van der Waals surface area contributed by atoms with Crippen molar-refractivity contribution in [3.8, 4) is 17.2 Å². The largest absolute Gasteiger partial charge is 0.486 e. The van der Waals surface area contributed by atoms with Gasteiger partial charge in [-0.05, 0) is 24.3 Å². The van der Waals surface area contributed by atoms with Crippen LogP contribution in [0.4, 0.5) is 0 Å². The highest BCUT2D eigenvalue weighted by molar-refractivity contribution is 5.85. The highest BCUT2D eigenvalue weighted by Gasteiger charge is 2.21. The fourth-order valence-electron chi connectivity index (χ4n) is 1.36. The van der Waals surface area contributed by atoms with Crippen molar-refractivity contribution in [3.63, 3.8) is 0 Å². The summed E-state index contributed by atoms with van der Waals surface area (Å²) in [5, 5.41) is 7.43. The van der Waals surface area contributed by atoms with Gasteiger partial charge in [0.15, 0.2) is 5.78 Å². The smallest absolute Gasteiger partial charge is 0.247 e. The molecule has 0 N–H and O–H groups in total. The molecule has 1 heterocycles. The van der Waals surface area contributed by atoms with Crippen LogP contribution in [-0.4, -0.2) is 22.6 Å². The molecule has 2 rings (SSSR count). The number of Topliss-reactive ketones (excluding diaryl/α,β-unsaturated/α-hetero) is 1. The summed E-state index contributed by atoms with van der Waals surface area (Å²) in [6.45, 7) is 5.69. The Hall–Kier alpha value is -2.17. The molecule has 0 unspecified atom stereocenters. The number of carbonyl (C=O) groups is 1. The molecule has 0 aliphatic carbocycles. The summed E-state index contributed by atoms with van der Waals surface area (Å²) in [5.74, 6) is 1.16. The first-order chi connectivity index (χ1) is 8.97. The number of aromatic nitrogens is 2. The summed E-state index contributed by atoms with van der Waals surface area (Å²) in [6, 6.07) is 7.17. The molecule has 0 atom stereocenters. The number of nitrogens with zero attached hydrogens (tertiary/aromatic N) is 2. The normalized spacial score (nSPS) is 11.3. The number of carbonyl (C=O) groups excluding carboxylic acids is 1. The van der Waals surface area contributed by atoms with Gasteiger partial charge in [0.25, 0.3) is 0 Å². The lowest BCUT2D eigenvalue weighted by molar-refractivity contribution is -0.128. The van der Waals surface area contributed by atoms with Gasteiger partial charge in [-0.3, -0.25) is 4.79 Å². The molecule has 0 amide bonds. The maximum atomic E-state index is 11.7. The number of hydrogen-bond acceptors (Lipinski definition) is 5. The third-order valence-electron chi connectivity index (χ3n) is 2.67. The van der Waals surface area contributed by atoms with Crippen LogP contribution in [0.3, 0.4) is 0 Å². The SMILES string of the molecule is CC(C)(C)C(=O)COc1ccc(-c2nnco2)cc1. The minimum atomic E-state index is -0.385. The second-order valence-corrected chi connectivity index (χ2v) is 5.23. The van der Waals surface area contributed by atoms with E-state index in [9.17, 15) is 4.79 Å². The van der Waals surface area contributed by atoms with E-state index >= 15 is 0 Å². The highest BCUT2D eigenvalue weighted by atomic mass is 16.5. The average molecular weight is 260 g/mol. The molecule has 100 valence electrons. The summed E-state index contributed by atoms with van der Waals surface area (Å²) >= 11 is 0. The monoisotopic (exact) mass is 260 g/mol. The summed E-state index contributed by atoms with van der Waals surface area (Å²) in [7, 11) is 0. The zero-order chi connectivity index (χ0) is 13.9. The fourth-order valence-corrected chi connectivity index (χ4v) is 1.36. The number of benzene rings is 1. The Balaban J connectivity index is 1.98. The van der Waals surface area contributed by atoms with Crippen LogP contribution in [0, 0.1) is 5.41 Å². The molecule has 5 nitrogen and oxygen atoms in total. The van der Waals surface area contributed by atoms with Crippen LogP contribution >= 0.6 is 0 Å². The minimum Gasteiger partial charge on any atom is -0.486 e. The maximum Gasteiger partial charge on any atom is 0.247 e. The number of ether oxygens (including phenoxy) is 1. The molecule has 0 saturated carbocycles. The fraction of sp³-hybridized carbons (Fsp3) is 0.357. The van der Waals surface area contributed by atoms with E-state index in [-0.39, 0.29) is 17.8 Å². The predicted molar refractivity (Wildman–Crippen MR) is 69.7 cm³/mol. The van der Waals surface area contributed by atoms with Gasteiger partial charge in [-0.1, -0.05) is 20.8 Å². The van der Waals surface area contributed by atoms with Gasteiger partial charge in [0.05, 0.1) is 0 Å².